The Balaban J connectivity index is 2.10. The second-order valence-electron chi connectivity index (χ2n) is 3.71. The second kappa shape index (κ2) is 4.44. The molecule has 1 aromatic rings. The summed E-state index contributed by atoms with van der Waals surface area (Å²) >= 11 is 0. The van der Waals surface area contributed by atoms with Crippen LogP contribution in [0.5, 0.6) is 0 Å². The molecule has 0 spiro atoms. The Bertz CT molecular complexity index is 347. The summed E-state index contributed by atoms with van der Waals surface area (Å²) in [5, 5.41) is 10.2. The van der Waals surface area contributed by atoms with E-state index in [-0.39, 0.29) is 11.9 Å². The summed E-state index contributed by atoms with van der Waals surface area (Å²) in [6.45, 7) is 4.52. The summed E-state index contributed by atoms with van der Waals surface area (Å²) in [6.07, 6.45) is 4.75. The Morgan fingerprint density at radius 2 is 2.47 bits per heavy atom. The first-order valence-corrected chi connectivity index (χ1v) is 5.34. The van der Waals surface area contributed by atoms with E-state index in [1.165, 1.54) is 0 Å². The topological polar surface area (TPSA) is 59.0 Å². The minimum Gasteiger partial charge on any atom is -0.353 e. The van der Waals surface area contributed by atoms with E-state index in [9.17, 15) is 4.79 Å². The molecule has 5 heteroatoms. The number of amides is 1. The lowest BCUT2D eigenvalue weighted by atomic mass is 10.1. The van der Waals surface area contributed by atoms with Crippen molar-refractivity contribution in [2.45, 2.75) is 25.9 Å². The number of carbonyl (C=O) groups excluding carboxylic acids is 1. The van der Waals surface area contributed by atoms with Gasteiger partial charge in [0.05, 0.1) is 6.20 Å². The number of nitrogens with zero attached hydrogens (tertiary/aromatic N) is 2. The fourth-order valence-corrected chi connectivity index (χ4v) is 1.75. The summed E-state index contributed by atoms with van der Waals surface area (Å²) < 4.78 is 1.87. The summed E-state index contributed by atoms with van der Waals surface area (Å²) in [7, 11) is 0. The normalized spacial score (nSPS) is 21.4. The first kappa shape index (κ1) is 10.2. The van der Waals surface area contributed by atoms with Crippen LogP contribution in [0.3, 0.4) is 0 Å². The maximum Gasteiger partial charge on any atom is 0.241 e. The molecule has 2 heterocycles. The Morgan fingerprint density at radius 1 is 1.60 bits per heavy atom. The van der Waals surface area contributed by atoms with E-state index in [0.29, 0.717) is 6.54 Å². The van der Waals surface area contributed by atoms with Gasteiger partial charge in [0, 0.05) is 31.4 Å². The van der Waals surface area contributed by atoms with Gasteiger partial charge in [0.2, 0.25) is 5.91 Å². The minimum atomic E-state index is -0.232. The van der Waals surface area contributed by atoms with Crippen molar-refractivity contribution in [2.24, 2.45) is 0 Å². The lowest BCUT2D eigenvalue weighted by molar-refractivity contribution is -0.124. The highest BCUT2D eigenvalue weighted by Gasteiger charge is 2.24. The molecule has 1 saturated heterocycles. The highest BCUT2D eigenvalue weighted by molar-refractivity contribution is 5.83. The van der Waals surface area contributed by atoms with Gasteiger partial charge in [-0.1, -0.05) is 6.92 Å². The monoisotopic (exact) mass is 208 g/mol. The summed E-state index contributed by atoms with van der Waals surface area (Å²) in [5.41, 5.74) is 0.945. The van der Waals surface area contributed by atoms with E-state index in [4.69, 9.17) is 0 Å². The molecule has 0 radical (unpaired) electrons. The van der Waals surface area contributed by atoms with Crippen molar-refractivity contribution >= 4 is 5.91 Å². The van der Waals surface area contributed by atoms with E-state index < -0.39 is 0 Å². The van der Waals surface area contributed by atoms with E-state index in [1.54, 1.807) is 6.20 Å². The van der Waals surface area contributed by atoms with E-state index >= 15 is 0 Å². The number of nitrogens with one attached hydrogen (secondary N) is 2. The summed E-state index contributed by atoms with van der Waals surface area (Å²) in [5.74, 6) is 0.0392. The lowest BCUT2D eigenvalue weighted by Crippen LogP contribution is -2.47. The molecule has 1 aliphatic heterocycles. The van der Waals surface area contributed by atoms with Crippen LogP contribution >= 0.6 is 0 Å². The molecule has 1 unspecified atom stereocenters. The molecule has 5 nitrogen and oxygen atoms in total. The molecule has 0 aliphatic carbocycles. The SMILES string of the molecule is CCCn1cc(C2NCCNC2=O)cn1. The molecule has 0 aromatic carbocycles. The van der Waals surface area contributed by atoms with Gasteiger partial charge in [0.1, 0.15) is 6.04 Å². The molecule has 1 fully saturated rings. The van der Waals surface area contributed by atoms with Gasteiger partial charge in [-0.15, -0.1) is 0 Å². The maximum absolute atomic E-state index is 11.6. The summed E-state index contributed by atoms with van der Waals surface area (Å²) in [6, 6.07) is -0.232. The van der Waals surface area contributed by atoms with Crippen LogP contribution in [0.15, 0.2) is 12.4 Å². The van der Waals surface area contributed by atoms with Crippen molar-refractivity contribution in [3.63, 3.8) is 0 Å². The third-order valence-corrected chi connectivity index (χ3v) is 2.47. The van der Waals surface area contributed by atoms with Crippen molar-refractivity contribution in [2.75, 3.05) is 13.1 Å². The smallest absolute Gasteiger partial charge is 0.241 e. The van der Waals surface area contributed by atoms with Crippen molar-refractivity contribution in [1.82, 2.24) is 20.4 Å². The molecule has 1 atom stereocenters. The Kier molecular flexibility index (Phi) is 3.01. The van der Waals surface area contributed by atoms with Gasteiger partial charge < -0.3 is 10.6 Å². The Labute approximate surface area is 88.8 Å². The van der Waals surface area contributed by atoms with Crippen LogP contribution < -0.4 is 10.6 Å². The van der Waals surface area contributed by atoms with Gasteiger partial charge in [-0.3, -0.25) is 9.48 Å². The average Bonchev–Trinajstić information content (AvgIpc) is 2.68. The van der Waals surface area contributed by atoms with Crippen molar-refractivity contribution in [3.05, 3.63) is 18.0 Å². The van der Waals surface area contributed by atoms with Gasteiger partial charge in [0.15, 0.2) is 0 Å². The van der Waals surface area contributed by atoms with Crippen LogP contribution in [0.4, 0.5) is 0 Å². The highest BCUT2D eigenvalue weighted by Crippen LogP contribution is 2.13. The molecule has 82 valence electrons. The predicted molar refractivity (Wildman–Crippen MR) is 56.3 cm³/mol. The zero-order valence-corrected chi connectivity index (χ0v) is 8.86. The zero-order valence-electron chi connectivity index (χ0n) is 8.86. The van der Waals surface area contributed by atoms with Gasteiger partial charge in [0.25, 0.3) is 0 Å². The van der Waals surface area contributed by atoms with Crippen molar-refractivity contribution < 1.29 is 4.79 Å². The number of hydrogen-bond acceptors (Lipinski definition) is 3. The van der Waals surface area contributed by atoms with Crippen LogP contribution in [-0.2, 0) is 11.3 Å². The van der Waals surface area contributed by atoms with Crippen molar-refractivity contribution in [3.8, 4) is 0 Å². The van der Waals surface area contributed by atoms with Gasteiger partial charge >= 0.3 is 0 Å². The third kappa shape index (κ3) is 2.18. The summed E-state index contributed by atoms with van der Waals surface area (Å²) in [4.78, 5) is 11.6. The van der Waals surface area contributed by atoms with E-state index in [0.717, 1.165) is 25.1 Å². The molecule has 1 aromatic heterocycles. The number of carbonyl (C=O) groups is 1. The molecule has 0 bridgehead atoms. The molecular weight excluding hydrogens is 192 g/mol. The molecule has 15 heavy (non-hydrogen) atoms. The first-order chi connectivity index (χ1) is 7.31. The second-order valence-corrected chi connectivity index (χ2v) is 3.71. The quantitative estimate of drug-likeness (QED) is 0.738. The van der Waals surface area contributed by atoms with Crippen LogP contribution in [-0.4, -0.2) is 28.8 Å². The van der Waals surface area contributed by atoms with E-state index in [2.05, 4.69) is 22.7 Å². The Morgan fingerprint density at radius 3 is 3.20 bits per heavy atom. The fourth-order valence-electron chi connectivity index (χ4n) is 1.75. The lowest BCUT2D eigenvalue weighted by Gasteiger charge is -2.22. The molecule has 1 amide bonds. The number of aromatic nitrogens is 2. The molecule has 2 rings (SSSR count). The number of piperazine rings is 1. The molecule has 1 aliphatic rings. The van der Waals surface area contributed by atoms with Crippen LogP contribution in [0.2, 0.25) is 0 Å². The highest BCUT2D eigenvalue weighted by atomic mass is 16.2. The number of aryl methyl sites for hydroxylation is 1. The van der Waals surface area contributed by atoms with Crippen LogP contribution in [0.25, 0.3) is 0 Å². The standard InChI is InChI=1S/C10H16N4O/c1-2-5-14-7-8(6-13-14)9-10(15)12-4-3-11-9/h6-7,9,11H,2-5H2,1H3,(H,12,15). The van der Waals surface area contributed by atoms with Crippen molar-refractivity contribution in [1.29, 1.82) is 0 Å². The molecule has 0 saturated carbocycles. The average molecular weight is 208 g/mol. The molecule has 2 N–H and O–H groups in total. The van der Waals surface area contributed by atoms with Gasteiger partial charge in [-0.25, -0.2) is 0 Å². The van der Waals surface area contributed by atoms with Gasteiger partial charge in [-0.2, -0.15) is 5.10 Å². The van der Waals surface area contributed by atoms with Gasteiger partial charge in [-0.05, 0) is 6.42 Å². The fraction of sp³-hybridized carbons (Fsp3) is 0.600. The minimum absolute atomic E-state index is 0.0392. The third-order valence-electron chi connectivity index (χ3n) is 2.47. The number of rotatable bonds is 3. The van der Waals surface area contributed by atoms with E-state index in [1.807, 2.05) is 10.9 Å². The largest absolute Gasteiger partial charge is 0.353 e. The zero-order chi connectivity index (χ0) is 10.7. The first-order valence-electron chi connectivity index (χ1n) is 5.34. The van der Waals surface area contributed by atoms with Crippen LogP contribution in [0.1, 0.15) is 24.9 Å². The Hall–Kier alpha value is -1.36. The number of hydrogen-bond donors (Lipinski definition) is 2. The van der Waals surface area contributed by atoms with Crippen LogP contribution in [0, 0.1) is 0 Å². The molecular formula is C10H16N4O. The maximum atomic E-state index is 11.6. The predicted octanol–water partition coefficient (Wildman–Crippen LogP) is 0.0536.